The topological polar surface area (TPSA) is 113 Å². The van der Waals surface area contributed by atoms with Crippen molar-refractivity contribution >= 4 is 27.3 Å². The molecule has 0 spiro atoms. The first kappa shape index (κ1) is 37.8. The molecule has 1 aromatic rings. The van der Waals surface area contributed by atoms with E-state index in [1.54, 1.807) is 12.1 Å². The molecule has 6 aliphatic rings. The number of amides is 1. The van der Waals surface area contributed by atoms with Crippen molar-refractivity contribution in [2.45, 2.75) is 137 Å². The Labute approximate surface area is 313 Å². The molecule has 1 aromatic carbocycles. The van der Waals surface area contributed by atoms with E-state index in [0.29, 0.717) is 48.0 Å². The summed E-state index contributed by atoms with van der Waals surface area (Å²) in [5, 5.41) is 16.7. The van der Waals surface area contributed by atoms with Crippen molar-refractivity contribution in [1.82, 2.24) is 10.6 Å². The Morgan fingerprint density at radius 1 is 0.923 bits per heavy atom. The first-order valence-corrected chi connectivity index (χ1v) is 22.1. The number of fused-ring (bicyclic) bond motifs is 7. The van der Waals surface area contributed by atoms with Crippen LogP contribution in [0.2, 0.25) is 0 Å². The molecule has 11 atom stereocenters. The number of carboxylic acids is 1. The molecular formula is C44H64N2O5S. The van der Waals surface area contributed by atoms with Crippen molar-refractivity contribution in [2.75, 3.05) is 11.5 Å². The monoisotopic (exact) mass is 732 g/mol. The first-order chi connectivity index (χ1) is 24.3. The Bertz CT molecular complexity index is 1770. The largest absolute Gasteiger partial charge is 0.478 e. The van der Waals surface area contributed by atoms with E-state index in [2.05, 4.69) is 64.8 Å². The van der Waals surface area contributed by atoms with Gasteiger partial charge in [0.05, 0.1) is 23.1 Å². The van der Waals surface area contributed by atoms with Gasteiger partial charge in [0, 0.05) is 11.6 Å². The molecule has 5 aliphatic carbocycles. The lowest BCUT2D eigenvalue weighted by Crippen LogP contribution is -2.69. The van der Waals surface area contributed by atoms with E-state index in [4.69, 9.17) is 0 Å². The minimum absolute atomic E-state index is 0.0359. The summed E-state index contributed by atoms with van der Waals surface area (Å²) in [5.41, 5.74) is 4.27. The quantitative estimate of drug-likeness (QED) is 0.231. The van der Waals surface area contributed by atoms with Crippen LogP contribution < -0.4 is 10.6 Å². The van der Waals surface area contributed by atoms with E-state index in [1.807, 2.05) is 19.1 Å². The van der Waals surface area contributed by atoms with Crippen molar-refractivity contribution in [2.24, 2.45) is 51.2 Å². The van der Waals surface area contributed by atoms with E-state index in [0.717, 1.165) is 37.7 Å². The highest BCUT2D eigenvalue weighted by Crippen LogP contribution is 2.76. The SMILES string of the molecule is C=C(C)[C@@H]1CC[C@]2(NC(=O)C(CC)NC3CCS(=O)(=O)C3)CC[C@]3(C)[C@H](CC[C@@H]4[C@@]5(C)CC=C(c6ccc(C(=O)O)cc6)C(C)(C)[C@@H]5CC[C@]43C)[C@@H]12. The standard InChI is InChI=1S/C44H64N2O5S/c1-9-34(45-30-19-25-52(50,51)26-30)38(47)46-44-22-16-31(27(2)3)37(44)33-14-15-36-41(6)20-17-32(28-10-12-29(13-11-28)39(48)49)40(4,5)35(41)18-21-43(36,8)42(33,7)23-24-44/h10-13,17,30-31,33-37,45H,2,9,14-16,18-26H2,1,3-8H3,(H,46,47)(H,48,49)/t30?,31-,33+,34?,35-,36+,37+,41-,42+,43+,44-/m0/s1. The highest BCUT2D eigenvalue weighted by atomic mass is 32.2. The van der Waals surface area contributed by atoms with E-state index < -0.39 is 21.8 Å². The van der Waals surface area contributed by atoms with Crippen LogP contribution in [-0.2, 0) is 14.6 Å². The van der Waals surface area contributed by atoms with Gasteiger partial charge in [0.15, 0.2) is 9.84 Å². The zero-order valence-electron chi connectivity index (χ0n) is 32.8. The summed E-state index contributed by atoms with van der Waals surface area (Å²) >= 11 is 0. The fourth-order valence-corrected chi connectivity index (χ4v) is 15.9. The van der Waals surface area contributed by atoms with Crippen molar-refractivity contribution in [1.29, 1.82) is 0 Å². The van der Waals surface area contributed by atoms with Gasteiger partial charge in [-0.05, 0) is 152 Å². The molecule has 4 saturated carbocycles. The number of rotatable bonds is 8. The fraction of sp³-hybridized carbons (Fsp3) is 0.727. The summed E-state index contributed by atoms with van der Waals surface area (Å²) in [5.74, 6) is 1.83. The summed E-state index contributed by atoms with van der Waals surface area (Å²) in [6.45, 7) is 21.5. The van der Waals surface area contributed by atoms with E-state index in [9.17, 15) is 23.1 Å². The second-order valence-corrected chi connectivity index (χ2v) is 21.7. The van der Waals surface area contributed by atoms with Gasteiger partial charge in [-0.2, -0.15) is 0 Å². The van der Waals surface area contributed by atoms with Crippen LogP contribution >= 0.6 is 0 Å². The van der Waals surface area contributed by atoms with Gasteiger partial charge in [0.2, 0.25) is 5.91 Å². The van der Waals surface area contributed by atoms with Crippen LogP contribution in [0.1, 0.15) is 135 Å². The predicted molar refractivity (Wildman–Crippen MR) is 208 cm³/mol. The van der Waals surface area contributed by atoms with Gasteiger partial charge in [0.25, 0.3) is 0 Å². The average Bonchev–Trinajstić information content (AvgIpc) is 3.63. The number of carbonyl (C=O) groups is 2. The molecule has 1 saturated heterocycles. The minimum atomic E-state index is -3.03. The lowest BCUT2D eigenvalue weighted by Gasteiger charge is -2.72. The molecule has 2 unspecified atom stereocenters. The number of benzene rings is 1. The third-order valence-corrected chi connectivity index (χ3v) is 18.6. The van der Waals surface area contributed by atoms with Gasteiger partial charge >= 0.3 is 5.97 Å². The van der Waals surface area contributed by atoms with Crippen LogP contribution in [0.4, 0.5) is 0 Å². The van der Waals surface area contributed by atoms with E-state index >= 15 is 0 Å². The van der Waals surface area contributed by atoms with Crippen LogP contribution in [0.25, 0.3) is 5.57 Å². The molecule has 7 nitrogen and oxygen atoms in total. The number of hydrogen-bond acceptors (Lipinski definition) is 5. The van der Waals surface area contributed by atoms with Crippen molar-refractivity contribution in [3.05, 3.63) is 53.6 Å². The van der Waals surface area contributed by atoms with Gasteiger partial charge < -0.3 is 15.7 Å². The van der Waals surface area contributed by atoms with Crippen LogP contribution in [0.5, 0.6) is 0 Å². The molecule has 1 amide bonds. The van der Waals surface area contributed by atoms with Crippen molar-refractivity contribution in [3.63, 3.8) is 0 Å². The fourth-order valence-electron chi connectivity index (χ4n) is 14.2. The number of carboxylic acid groups (broad SMARTS) is 1. The van der Waals surface area contributed by atoms with E-state index in [-0.39, 0.29) is 50.7 Å². The average molecular weight is 733 g/mol. The Morgan fingerprint density at radius 3 is 2.25 bits per heavy atom. The van der Waals surface area contributed by atoms with Gasteiger partial charge in [-0.1, -0.05) is 71.9 Å². The smallest absolute Gasteiger partial charge is 0.335 e. The second-order valence-electron chi connectivity index (χ2n) is 19.5. The molecule has 52 heavy (non-hydrogen) atoms. The molecule has 0 radical (unpaired) electrons. The molecule has 3 N–H and O–H groups in total. The van der Waals surface area contributed by atoms with Gasteiger partial charge in [-0.25, -0.2) is 13.2 Å². The molecular weight excluding hydrogens is 669 g/mol. The van der Waals surface area contributed by atoms with Crippen LogP contribution in [0, 0.1) is 51.2 Å². The zero-order valence-corrected chi connectivity index (χ0v) is 33.6. The number of hydrogen-bond donors (Lipinski definition) is 3. The Balaban J connectivity index is 1.17. The van der Waals surface area contributed by atoms with Crippen LogP contribution in [0.3, 0.4) is 0 Å². The molecule has 1 heterocycles. The molecule has 5 fully saturated rings. The predicted octanol–water partition coefficient (Wildman–Crippen LogP) is 8.46. The number of aromatic carboxylic acids is 1. The lowest BCUT2D eigenvalue weighted by atomic mass is 9.33. The molecule has 286 valence electrons. The molecule has 7 rings (SSSR count). The first-order valence-electron chi connectivity index (χ1n) is 20.3. The third kappa shape index (κ3) is 5.69. The van der Waals surface area contributed by atoms with Gasteiger partial charge in [-0.15, -0.1) is 0 Å². The second kappa shape index (κ2) is 12.8. The Hall–Kier alpha value is -2.45. The zero-order chi connectivity index (χ0) is 37.6. The number of sulfone groups is 1. The molecule has 0 bridgehead atoms. The van der Waals surface area contributed by atoms with Gasteiger partial charge in [0.1, 0.15) is 0 Å². The maximum Gasteiger partial charge on any atom is 0.335 e. The van der Waals surface area contributed by atoms with Gasteiger partial charge in [-0.3, -0.25) is 4.79 Å². The Morgan fingerprint density at radius 2 is 1.63 bits per heavy atom. The molecule has 0 aromatic heterocycles. The highest BCUT2D eigenvalue weighted by molar-refractivity contribution is 7.91. The van der Waals surface area contributed by atoms with Crippen LogP contribution in [-0.4, -0.2) is 54.5 Å². The maximum absolute atomic E-state index is 14.2. The molecule has 8 heteroatoms. The third-order valence-electron chi connectivity index (χ3n) is 16.9. The summed E-state index contributed by atoms with van der Waals surface area (Å²) in [6, 6.07) is 6.95. The summed E-state index contributed by atoms with van der Waals surface area (Å²) < 4.78 is 24.4. The summed E-state index contributed by atoms with van der Waals surface area (Å²) in [7, 11) is -3.03. The number of carbonyl (C=O) groups excluding carboxylic acids is 1. The highest BCUT2D eigenvalue weighted by Gasteiger charge is 2.70. The van der Waals surface area contributed by atoms with Crippen molar-refractivity contribution in [3.8, 4) is 0 Å². The normalized spacial score (nSPS) is 42.1. The van der Waals surface area contributed by atoms with E-state index in [1.165, 1.54) is 36.8 Å². The molecule has 1 aliphatic heterocycles. The minimum Gasteiger partial charge on any atom is -0.478 e. The lowest BCUT2D eigenvalue weighted by molar-refractivity contribution is -0.219. The number of allylic oxidation sites excluding steroid dienone is 3. The number of nitrogens with one attached hydrogen (secondary N) is 2. The summed E-state index contributed by atoms with van der Waals surface area (Å²) in [4.78, 5) is 25.8. The van der Waals surface area contributed by atoms with Crippen LogP contribution in [0.15, 0.2) is 42.5 Å². The van der Waals surface area contributed by atoms with Crippen molar-refractivity contribution < 1.29 is 23.1 Å². The summed E-state index contributed by atoms with van der Waals surface area (Å²) in [6.07, 6.45) is 13.7. The Kier molecular flexibility index (Phi) is 9.33. The maximum atomic E-state index is 14.2.